The van der Waals surface area contributed by atoms with Gasteiger partial charge in [-0.05, 0) is 55.8 Å². The number of hydrogen-bond donors (Lipinski definition) is 2. The predicted molar refractivity (Wildman–Crippen MR) is 101 cm³/mol. The zero-order valence-corrected chi connectivity index (χ0v) is 15.0. The van der Waals surface area contributed by atoms with Crippen molar-refractivity contribution in [2.24, 2.45) is 0 Å². The third-order valence-electron chi connectivity index (χ3n) is 4.10. The number of carboxylic acids is 1. The van der Waals surface area contributed by atoms with E-state index in [1.807, 2.05) is 11.8 Å². The molecule has 0 atom stereocenters. The number of carbonyl (C=O) groups is 2. The Bertz CT molecular complexity index is 775. The second-order valence-corrected chi connectivity index (χ2v) is 5.93. The zero-order valence-electron chi connectivity index (χ0n) is 15.0. The number of halogens is 1. The number of aromatic carboxylic acids is 1. The first-order chi connectivity index (χ1) is 12.5. The molecule has 5 nitrogen and oxygen atoms in total. The molecule has 0 heterocycles. The van der Waals surface area contributed by atoms with E-state index >= 15 is 0 Å². The summed E-state index contributed by atoms with van der Waals surface area (Å²) in [4.78, 5) is 25.9. The van der Waals surface area contributed by atoms with E-state index in [-0.39, 0.29) is 5.56 Å². The number of anilines is 2. The lowest BCUT2D eigenvalue weighted by Crippen LogP contribution is -2.26. The molecule has 138 valence electrons. The predicted octanol–water partition coefficient (Wildman–Crippen LogP) is 4.40. The third-order valence-corrected chi connectivity index (χ3v) is 4.10. The molecule has 0 aliphatic heterocycles. The summed E-state index contributed by atoms with van der Waals surface area (Å²) in [5.41, 5.74) is 1.45. The Kier molecular flexibility index (Phi) is 6.72. The van der Waals surface area contributed by atoms with Crippen molar-refractivity contribution in [3.63, 3.8) is 0 Å². The Hall–Kier alpha value is -2.89. The highest BCUT2D eigenvalue weighted by Crippen LogP contribution is 2.25. The molecule has 2 N–H and O–H groups in total. The standard InChI is InChI=1S/C20H23FN2O3/c1-3-5-12-23(4-2)18-11-10-16(13-17(18)20(25)26)22-19(24)14-6-8-15(21)9-7-14/h6-11,13H,3-5,12H2,1-2H3,(H,22,24)(H,25,26). The summed E-state index contributed by atoms with van der Waals surface area (Å²) in [6.45, 7) is 5.53. The molecule has 0 fully saturated rings. The summed E-state index contributed by atoms with van der Waals surface area (Å²) in [6.07, 6.45) is 1.99. The molecule has 0 aromatic heterocycles. The largest absolute Gasteiger partial charge is 0.478 e. The highest BCUT2D eigenvalue weighted by atomic mass is 19.1. The fraction of sp³-hybridized carbons (Fsp3) is 0.300. The van der Waals surface area contributed by atoms with Crippen molar-refractivity contribution in [1.82, 2.24) is 0 Å². The van der Waals surface area contributed by atoms with Gasteiger partial charge in [0.2, 0.25) is 0 Å². The summed E-state index contributed by atoms with van der Waals surface area (Å²) in [5.74, 6) is -1.90. The Balaban J connectivity index is 2.25. The van der Waals surface area contributed by atoms with Gasteiger partial charge in [0.1, 0.15) is 5.82 Å². The van der Waals surface area contributed by atoms with Gasteiger partial charge in [-0.1, -0.05) is 13.3 Å². The van der Waals surface area contributed by atoms with Crippen LogP contribution in [0.2, 0.25) is 0 Å². The first kappa shape index (κ1) is 19.4. The molecule has 26 heavy (non-hydrogen) atoms. The molecular formula is C20H23FN2O3. The van der Waals surface area contributed by atoms with Crippen LogP contribution < -0.4 is 10.2 Å². The maximum Gasteiger partial charge on any atom is 0.337 e. The molecular weight excluding hydrogens is 335 g/mol. The fourth-order valence-corrected chi connectivity index (χ4v) is 2.66. The van der Waals surface area contributed by atoms with Gasteiger partial charge in [0.15, 0.2) is 0 Å². The molecule has 1 amide bonds. The van der Waals surface area contributed by atoms with Crippen molar-refractivity contribution in [3.8, 4) is 0 Å². The summed E-state index contributed by atoms with van der Waals surface area (Å²) < 4.78 is 13.0. The maximum absolute atomic E-state index is 13.0. The van der Waals surface area contributed by atoms with Crippen LogP contribution in [-0.4, -0.2) is 30.1 Å². The van der Waals surface area contributed by atoms with Crippen LogP contribution in [0, 0.1) is 5.82 Å². The molecule has 2 rings (SSSR count). The van der Waals surface area contributed by atoms with Crippen LogP contribution in [0.4, 0.5) is 15.8 Å². The van der Waals surface area contributed by atoms with Crippen molar-refractivity contribution < 1.29 is 19.1 Å². The van der Waals surface area contributed by atoms with Crippen molar-refractivity contribution in [2.75, 3.05) is 23.3 Å². The van der Waals surface area contributed by atoms with Gasteiger partial charge in [-0.3, -0.25) is 4.79 Å². The molecule has 0 spiro atoms. The summed E-state index contributed by atoms with van der Waals surface area (Å²) in [7, 11) is 0. The van der Waals surface area contributed by atoms with E-state index in [0.29, 0.717) is 23.5 Å². The van der Waals surface area contributed by atoms with Gasteiger partial charge in [0.05, 0.1) is 11.3 Å². The summed E-state index contributed by atoms with van der Waals surface area (Å²) in [5, 5.41) is 12.2. The second kappa shape index (κ2) is 8.99. The van der Waals surface area contributed by atoms with Gasteiger partial charge in [0, 0.05) is 24.3 Å². The summed E-state index contributed by atoms with van der Waals surface area (Å²) in [6, 6.07) is 10.00. The molecule has 6 heteroatoms. The number of nitrogens with zero attached hydrogens (tertiary/aromatic N) is 1. The molecule has 2 aromatic carbocycles. The minimum Gasteiger partial charge on any atom is -0.478 e. The lowest BCUT2D eigenvalue weighted by molar-refractivity contribution is 0.0697. The smallest absolute Gasteiger partial charge is 0.337 e. The van der Waals surface area contributed by atoms with E-state index in [2.05, 4.69) is 12.2 Å². The molecule has 2 aromatic rings. The molecule has 0 aliphatic rings. The van der Waals surface area contributed by atoms with Crippen LogP contribution in [-0.2, 0) is 0 Å². The number of amides is 1. The third kappa shape index (κ3) is 4.81. The number of rotatable bonds is 8. The van der Waals surface area contributed by atoms with Crippen molar-refractivity contribution in [3.05, 3.63) is 59.4 Å². The van der Waals surface area contributed by atoms with Crippen LogP contribution in [0.3, 0.4) is 0 Å². The van der Waals surface area contributed by atoms with Crippen molar-refractivity contribution in [1.29, 1.82) is 0 Å². The van der Waals surface area contributed by atoms with Gasteiger partial charge in [-0.25, -0.2) is 9.18 Å². The minimum absolute atomic E-state index is 0.139. The van der Waals surface area contributed by atoms with Gasteiger partial charge < -0.3 is 15.3 Å². The van der Waals surface area contributed by atoms with Crippen molar-refractivity contribution in [2.45, 2.75) is 26.7 Å². The first-order valence-corrected chi connectivity index (χ1v) is 8.65. The van der Waals surface area contributed by atoms with E-state index in [1.165, 1.54) is 30.3 Å². The Morgan fingerprint density at radius 2 is 1.81 bits per heavy atom. The van der Waals surface area contributed by atoms with E-state index in [9.17, 15) is 19.1 Å². The average Bonchev–Trinajstić information content (AvgIpc) is 2.63. The van der Waals surface area contributed by atoms with Crippen LogP contribution in [0.1, 0.15) is 47.4 Å². The van der Waals surface area contributed by atoms with E-state index < -0.39 is 17.7 Å². The molecule has 0 saturated heterocycles. The fourth-order valence-electron chi connectivity index (χ4n) is 2.66. The van der Waals surface area contributed by atoms with Gasteiger partial charge in [-0.2, -0.15) is 0 Å². The topological polar surface area (TPSA) is 69.6 Å². The Morgan fingerprint density at radius 1 is 1.12 bits per heavy atom. The van der Waals surface area contributed by atoms with Gasteiger partial charge in [0.25, 0.3) is 5.91 Å². The quantitative estimate of drug-likeness (QED) is 0.734. The highest BCUT2D eigenvalue weighted by molar-refractivity contribution is 6.05. The molecule has 0 unspecified atom stereocenters. The number of carbonyl (C=O) groups excluding carboxylic acids is 1. The lowest BCUT2D eigenvalue weighted by Gasteiger charge is -2.25. The minimum atomic E-state index is -1.05. The van der Waals surface area contributed by atoms with Crippen LogP contribution >= 0.6 is 0 Å². The van der Waals surface area contributed by atoms with E-state index in [1.54, 1.807) is 12.1 Å². The highest BCUT2D eigenvalue weighted by Gasteiger charge is 2.17. The number of nitrogens with one attached hydrogen (secondary N) is 1. The number of benzene rings is 2. The SMILES string of the molecule is CCCCN(CC)c1ccc(NC(=O)c2ccc(F)cc2)cc1C(=O)O. The summed E-state index contributed by atoms with van der Waals surface area (Å²) >= 11 is 0. The second-order valence-electron chi connectivity index (χ2n) is 5.93. The first-order valence-electron chi connectivity index (χ1n) is 8.65. The monoisotopic (exact) mass is 358 g/mol. The zero-order chi connectivity index (χ0) is 19.1. The van der Waals surface area contributed by atoms with Crippen LogP contribution in [0.5, 0.6) is 0 Å². The number of carboxylic acid groups (broad SMARTS) is 1. The van der Waals surface area contributed by atoms with E-state index in [4.69, 9.17) is 0 Å². The lowest BCUT2D eigenvalue weighted by atomic mass is 10.1. The number of unbranched alkanes of at least 4 members (excludes halogenated alkanes) is 1. The van der Waals surface area contributed by atoms with Gasteiger partial charge in [-0.15, -0.1) is 0 Å². The van der Waals surface area contributed by atoms with E-state index in [0.717, 1.165) is 19.4 Å². The van der Waals surface area contributed by atoms with Crippen molar-refractivity contribution >= 4 is 23.3 Å². The van der Waals surface area contributed by atoms with Crippen LogP contribution in [0.25, 0.3) is 0 Å². The average molecular weight is 358 g/mol. The molecule has 0 saturated carbocycles. The molecule has 0 aliphatic carbocycles. The molecule has 0 bridgehead atoms. The normalized spacial score (nSPS) is 10.4. The maximum atomic E-state index is 13.0. The van der Waals surface area contributed by atoms with Gasteiger partial charge >= 0.3 is 5.97 Å². The number of hydrogen-bond acceptors (Lipinski definition) is 3. The van der Waals surface area contributed by atoms with Crippen LogP contribution in [0.15, 0.2) is 42.5 Å². The molecule has 0 radical (unpaired) electrons. The Morgan fingerprint density at radius 3 is 2.38 bits per heavy atom. The Labute approximate surface area is 152 Å².